The molecule has 7 heteroatoms. The Hall–Kier alpha value is -2.19. The maximum Gasteiger partial charge on any atom is 0.248 e. The van der Waals surface area contributed by atoms with E-state index < -0.39 is 10.0 Å². The van der Waals surface area contributed by atoms with Crippen molar-refractivity contribution in [2.24, 2.45) is 5.14 Å². The minimum atomic E-state index is -3.81. The molecule has 0 saturated heterocycles. The molecule has 0 unspecified atom stereocenters. The second kappa shape index (κ2) is 7.59. The summed E-state index contributed by atoms with van der Waals surface area (Å²) < 4.78 is 29.7. The van der Waals surface area contributed by atoms with Crippen LogP contribution < -0.4 is 15.2 Å². The lowest BCUT2D eigenvalue weighted by Crippen LogP contribution is -2.11. The normalized spacial score (nSPS) is 11.5. The van der Waals surface area contributed by atoms with Crippen LogP contribution in [-0.2, 0) is 16.6 Å². The van der Waals surface area contributed by atoms with Crippen molar-refractivity contribution in [3.05, 3.63) is 59.5 Å². The second-order valence-corrected chi connectivity index (χ2v) is 8.45. The number of sulfonamides is 1. The number of hydrogen-bond acceptors (Lipinski definition) is 5. The first kappa shape index (κ1) is 18.6. The van der Waals surface area contributed by atoms with Crippen LogP contribution in [-0.4, -0.2) is 22.6 Å². The van der Waals surface area contributed by atoms with Gasteiger partial charge >= 0.3 is 0 Å². The van der Waals surface area contributed by atoms with Crippen LogP contribution in [0.2, 0.25) is 0 Å². The number of ether oxygens (including phenoxy) is 1. The first-order valence-corrected chi connectivity index (χ1v) is 10.4. The highest BCUT2D eigenvalue weighted by molar-refractivity contribution is 7.91. The van der Waals surface area contributed by atoms with Gasteiger partial charge in [-0.2, -0.15) is 0 Å². The molecule has 3 aromatic rings. The van der Waals surface area contributed by atoms with Crippen LogP contribution in [0.1, 0.15) is 5.56 Å². The number of hydrogen-bond donors (Lipinski definition) is 2. The van der Waals surface area contributed by atoms with Crippen molar-refractivity contribution in [1.82, 2.24) is 5.32 Å². The topological polar surface area (TPSA) is 81.4 Å². The molecule has 3 N–H and O–H groups in total. The zero-order chi connectivity index (χ0) is 18.7. The molecule has 2 aromatic carbocycles. The van der Waals surface area contributed by atoms with E-state index in [0.29, 0.717) is 12.1 Å². The van der Waals surface area contributed by atoms with Crippen LogP contribution in [0.25, 0.3) is 22.3 Å². The van der Waals surface area contributed by atoms with Crippen LogP contribution in [0.5, 0.6) is 5.75 Å². The molecule has 0 atom stereocenters. The van der Waals surface area contributed by atoms with Crippen molar-refractivity contribution < 1.29 is 13.2 Å². The number of thiophene rings is 1. The third-order valence-electron chi connectivity index (χ3n) is 4.04. The van der Waals surface area contributed by atoms with Gasteiger partial charge in [-0.05, 0) is 47.3 Å². The minimum Gasteiger partial charge on any atom is -0.496 e. The second-order valence-electron chi connectivity index (χ2n) is 5.78. The minimum absolute atomic E-state index is 0.162. The molecular formula is C19H20N2O3S2. The van der Waals surface area contributed by atoms with Gasteiger partial charge in [0.1, 0.15) is 9.96 Å². The lowest BCUT2D eigenvalue weighted by molar-refractivity contribution is 0.416. The van der Waals surface area contributed by atoms with E-state index >= 15 is 0 Å². The molecule has 0 aliphatic carbocycles. The monoisotopic (exact) mass is 388 g/mol. The van der Waals surface area contributed by atoms with E-state index in [2.05, 4.69) is 5.32 Å². The van der Waals surface area contributed by atoms with Crippen molar-refractivity contribution in [3.8, 4) is 28.0 Å². The van der Waals surface area contributed by atoms with Gasteiger partial charge in [0.15, 0.2) is 0 Å². The van der Waals surface area contributed by atoms with E-state index in [9.17, 15) is 8.42 Å². The van der Waals surface area contributed by atoms with Gasteiger partial charge in [-0.25, -0.2) is 13.6 Å². The van der Waals surface area contributed by atoms with Crippen LogP contribution in [0.15, 0.2) is 58.1 Å². The molecule has 0 radical (unpaired) electrons. The maximum absolute atomic E-state index is 12.0. The fraction of sp³-hybridized carbons (Fsp3) is 0.158. The summed E-state index contributed by atoms with van der Waals surface area (Å²) in [6, 6.07) is 15.5. The average Bonchev–Trinajstić information content (AvgIpc) is 3.12. The van der Waals surface area contributed by atoms with E-state index in [4.69, 9.17) is 9.88 Å². The van der Waals surface area contributed by atoms with Crippen molar-refractivity contribution >= 4 is 21.4 Å². The summed E-state index contributed by atoms with van der Waals surface area (Å²) in [5.41, 5.74) is 4.26. The number of para-hydroxylation sites is 1. The Bertz CT molecular complexity index is 1030. The summed E-state index contributed by atoms with van der Waals surface area (Å²) in [5.74, 6) is 0.725. The number of nitrogens with one attached hydrogen (secondary N) is 1. The number of methoxy groups -OCH3 is 1. The lowest BCUT2D eigenvalue weighted by Gasteiger charge is -2.15. The summed E-state index contributed by atoms with van der Waals surface area (Å²) in [7, 11) is -0.318. The summed E-state index contributed by atoms with van der Waals surface area (Å²) in [5, 5.41) is 10.3. The molecule has 1 heterocycles. The van der Waals surface area contributed by atoms with E-state index in [1.807, 2.05) is 49.5 Å². The van der Waals surface area contributed by atoms with Gasteiger partial charge < -0.3 is 10.1 Å². The maximum atomic E-state index is 12.0. The fourth-order valence-corrected chi connectivity index (χ4v) is 4.77. The molecule has 3 rings (SSSR count). The van der Waals surface area contributed by atoms with Crippen LogP contribution in [0.3, 0.4) is 0 Å². The zero-order valence-electron chi connectivity index (χ0n) is 14.5. The molecule has 5 nitrogen and oxygen atoms in total. The third kappa shape index (κ3) is 3.66. The largest absolute Gasteiger partial charge is 0.496 e. The SMILES string of the molecule is CNCc1ccc(-c2ccccc2OC)c(-c2ccsc2S(N)(=O)=O)c1. The van der Waals surface area contributed by atoms with E-state index in [-0.39, 0.29) is 4.21 Å². The summed E-state index contributed by atoms with van der Waals surface area (Å²) in [4.78, 5) is 0. The molecule has 136 valence electrons. The molecular weight excluding hydrogens is 368 g/mol. The quantitative estimate of drug-likeness (QED) is 0.678. The van der Waals surface area contributed by atoms with Gasteiger partial charge in [0, 0.05) is 17.7 Å². The average molecular weight is 389 g/mol. The highest BCUT2D eigenvalue weighted by Crippen LogP contribution is 2.41. The van der Waals surface area contributed by atoms with Gasteiger partial charge in [-0.15, -0.1) is 11.3 Å². The Morgan fingerprint density at radius 3 is 2.50 bits per heavy atom. The van der Waals surface area contributed by atoms with Gasteiger partial charge in [-0.1, -0.05) is 30.3 Å². The third-order valence-corrected chi connectivity index (χ3v) is 6.47. The molecule has 0 spiro atoms. The first-order valence-electron chi connectivity index (χ1n) is 7.97. The summed E-state index contributed by atoms with van der Waals surface area (Å²) in [6.07, 6.45) is 0. The predicted molar refractivity (Wildman–Crippen MR) is 106 cm³/mol. The fourth-order valence-electron chi connectivity index (χ4n) is 2.95. The van der Waals surface area contributed by atoms with E-state index in [1.54, 1.807) is 18.6 Å². The lowest BCUT2D eigenvalue weighted by atomic mass is 9.93. The van der Waals surface area contributed by atoms with E-state index in [0.717, 1.165) is 39.3 Å². The highest BCUT2D eigenvalue weighted by atomic mass is 32.2. The Kier molecular flexibility index (Phi) is 5.43. The standard InChI is InChI=1S/C19H20N2O3S2/c1-21-12-13-7-8-14(15-5-3-4-6-18(15)24-2)17(11-13)16-9-10-25-19(16)26(20,22)23/h3-11,21H,12H2,1-2H3,(H2,20,22,23). The molecule has 0 saturated carbocycles. The number of primary sulfonamides is 1. The van der Waals surface area contributed by atoms with Crippen molar-refractivity contribution in [2.75, 3.05) is 14.2 Å². The van der Waals surface area contributed by atoms with Gasteiger partial charge in [-0.3, -0.25) is 0 Å². The summed E-state index contributed by atoms with van der Waals surface area (Å²) >= 11 is 1.12. The molecule has 1 aromatic heterocycles. The molecule has 0 amide bonds. The Morgan fingerprint density at radius 2 is 1.81 bits per heavy atom. The molecule has 0 bridgehead atoms. The Labute approximate surface area is 157 Å². The van der Waals surface area contributed by atoms with Gasteiger partial charge in [0.25, 0.3) is 0 Å². The predicted octanol–water partition coefficient (Wildman–Crippen LogP) is 3.46. The number of nitrogens with two attached hydrogens (primary N) is 1. The Morgan fingerprint density at radius 1 is 1.04 bits per heavy atom. The van der Waals surface area contributed by atoms with Crippen LogP contribution >= 0.6 is 11.3 Å². The van der Waals surface area contributed by atoms with E-state index in [1.165, 1.54) is 0 Å². The number of benzene rings is 2. The van der Waals surface area contributed by atoms with Crippen molar-refractivity contribution in [1.29, 1.82) is 0 Å². The van der Waals surface area contributed by atoms with Gasteiger partial charge in [0.2, 0.25) is 10.0 Å². The van der Waals surface area contributed by atoms with Crippen molar-refractivity contribution in [2.45, 2.75) is 10.8 Å². The van der Waals surface area contributed by atoms with Crippen molar-refractivity contribution in [3.63, 3.8) is 0 Å². The number of rotatable bonds is 6. The first-order chi connectivity index (χ1) is 12.5. The molecule has 26 heavy (non-hydrogen) atoms. The smallest absolute Gasteiger partial charge is 0.248 e. The molecule has 0 aliphatic heterocycles. The van der Waals surface area contributed by atoms with Crippen LogP contribution in [0.4, 0.5) is 0 Å². The Balaban J connectivity index is 2.29. The molecule has 0 fully saturated rings. The zero-order valence-corrected chi connectivity index (χ0v) is 16.2. The van der Waals surface area contributed by atoms with Gasteiger partial charge in [0.05, 0.1) is 7.11 Å². The highest BCUT2D eigenvalue weighted by Gasteiger charge is 2.21. The molecule has 0 aliphatic rings. The van der Waals surface area contributed by atoms with Crippen LogP contribution in [0, 0.1) is 0 Å². The summed E-state index contributed by atoms with van der Waals surface area (Å²) in [6.45, 7) is 0.675.